The number of aromatic hydroxyl groups is 1. The summed E-state index contributed by atoms with van der Waals surface area (Å²) in [5.41, 5.74) is 2.34. The van der Waals surface area contributed by atoms with Crippen molar-refractivity contribution in [2.45, 2.75) is 6.42 Å². The summed E-state index contributed by atoms with van der Waals surface area (Å²) in [5.74, 6) is 0.144. The van der Waals surface area contributed by atoms with Crippen LogP contribution in [-0.4, -0.2) is 25.3 Å². The number of aromatic amines is 2. The number of benzene rings is 1. The molecule has 0 aliphatic rings. The quantitative estimate of drug-likeness (QED) is 0.601. The first-order chi connectivity index (χ1) is 10.6. The maximum atomic E-state index is 11.8. The lowest BCUT2D eigenvalue weighted by Gasteiger charge is -2.08. The Balaban J connectivity index is 2.04. The van der Waals surface area contributed by atoms with E-state index in [4.69, 9.17) is 0 Å². The number of H-pyrrole nitrogens is 2. The highest BCUT2D eigenvalue weighted by Gasteiger charge is 2.14. The number of aromatic nitrogens is 4. The molecule has 3 N–H and O–H groups in total. The van der Waals surface area contributed by atoms with Crippen molar-refractivity contribution in [1.29, 1.82) is 0 Å². The predicted molar refractivity (Wildman–Crippen MR) is 88.8 cm³/mol. The van der Waals surface area contributed by atoms with E-state index in [9.17, 15) is 9.90 Å². The Morgan fingerprint density at radius 1 is 1.14 bits per heavy atom. The minimum Gasteiger partial charge on any atom is -0.506 e. The van der Waals surface area contributed by atoms with Gasteiger partial charge in [-0.25, -0.2) is 0 Å². The summed E-state index contributed by atoms with van der Waals surface area (Å²) in [7, 11) is 0. The van der Waals surface area contributed by atoms with Crippen molar-refractivity contribution in [2.24, 2.45) is 0 Å². The van der Waals surface area contributed by atoms with Crippen molar-refractivity contribution in [3.05, 3.63) is 61.3 Å². The first-order valence-electron chi connectivity index (χ1n) is 6.29. The van der Waals surface area contributed by atoms with Crippen LogP contribution in [-0.2, 0) is 6.42 Å². The van der Waals surface area contributed by atoms with E-state index in [1.54, 1.807) is 30.7 Å². The SMILES string of the molecule is O=c1[nH][nH]cc1-c1nccnc1Cc1cc(Br)c(O)c(Br)c1. The van der Waals surface area contributed by atoms with Gasteiger partial charge in [-0.1, -0.05) is 0 Å². The van der Waals surface area contributed by atoms with Crippen molar-refractivity contribution < 1.29 is 5.11 Å². The lowest BCUT2D eigenvalue weighted by atomic mass is 10.1. The van der Waals surface area contributed by atoms with Gasteiger partial charge in [0.2, 0.25) is 0 Å². The Morgan fingerprint density at radius 2 is 1.82 bits per heavy atom. The standard InChI is InChI=1S/C14H10Br2N4O2/c15-9-3-7(4-10(16)13(9)21)5-11-12(18-2-1-17-11)8-6-19-20-14(8)22/h1-4,6,21H,5H2,(H2,19,20,22). The fourth-order valence-corrected chi connectivity index (χ4v) is 3.40. The van der Waals surface area contributed by atoms with Gasteiger partial charge in [0, 0.05) is 25.0 Å². The summed E-state index contributed by atoms with van der Waals surface area (Å²) in [6.07, 6.45) is 5.18. The molecule has 0 bridgehead atoms. The molecule has 0 unspecified atom stereocenters. The van der Waals surface area contributed by atoms with Crippen LogP contribution < -0.4 is 5.56 Å². The van der Waals surface area contributed by atoms with Crippen LogP contribution in [0.15, 0.2) is 44.5 Å². The molecular weight excluding hydrogens is 416 g/mol. The smallest absolute Gasteiger partial charge is 0.273 e. The van der Waals surface area contributed by atoms with Gasteiger partial charge in [0.15, 0.2) is 0 Å². The third-order valence-electron chi connectivity index (χ3n) is 3.12. The molecule has 1 aromatic carbocycles. The predicted octanol–water partition coefficient (Wildman–Crippen LogP) is 2.98. The zero-order valence-corrected chi connectivity index (χ0v) is 14.3. The van der Waals surface area contributed by atoms with E-state index >= 15 is 0 Å². The van der Waals surface area contributed by atoms with Gasteiger partial charge in [0.25, 0.3) is 5.56 Å². The van der Waals surface area contributed by atoms with Crippen LogP contribution in [0.25, 0.3) is 11.3 Å². The highest BCUT2D eigenvalue weighted by molar-refractivity contribution is 9.11. The number of rotatable bonds is 3. The van der Waals surface area contributed by atoms with Gasteiger partial charge < -0.3 is 10.2 Å². The van der Waals surface area contributed by atoms with Crippen LogP contribution in [0.1, 0.15) is 11.3 Å². The van der Waals surface area contributed by atoms with Crippen molar-refractivity contribution in [2.75, 3.05) is 0 Å². The van der Waals surface area contributed by atoms with Gasteiger partial charge in [-0.15, -0.1) is 0 Å². The van der Waals surface area contributed by atoms with E-state index in [0.717, 1.165) is 5.56 Å². The van der Waals surface area contributed by atoms with Crippen molar-refractivity contribution in [1.82, 2.24) is 20.2 Å². The Labute approximate surface area is 141 Å². The molecule has 0 spiro atoms. The van der Waals surface area contributed by atoms with Gasteiger partial charge >= 0.3 is 0 Å². The topological polar surface area (TPSA) is 94.7 Å². The summed E-state index contributed by atoms with van der Waals surface area (Å²) >= 11 is 6.61. The van der Waals surface area contributed by atoms with E-state index in [1.807, 2.05) is 0 Å². The second-order valence-corrected chi connectivity index (χ2v) is 6.30. The minimum atomic E-state index is -0.241. The maximum Gasteiger partial charge on any atom is 0.273 e. The van der Waals surface area contributed by atoms with E-state index in [2.05, 4.69) is 52.0 Å². The largest absolute Gasteiger partial charge is 0.506 e. The molecule has 0 atom stereocenters. The summed E-state index contributed by atoms with van der Waals surface area (Å²) in [6, 6.07) is 3.61. The van der Waals surface area contributed by atoms with Crippen molar-refractivity contribution in [3.63, 3.8) is 0 Å². The molecule has 2 aromatic heterocycles. The van der Waals surface area contributed by atoms with Gasteiger partial charge in [-0.05, 0) is 49.6 Å². The number of phenolic OH excluding ortho intramolecular Hbond substituents is 1. The van der Waals surface area contributed by atoms with Gasteiger partial charge in [-0.3, -0.25) is 19.9 Å². The molecule has 0 aliphatic carbocycles. The Kier molecular flexibility index (Phi) is 4.12. The lowest BCUT2D eigenvalue weighted by Crippen LogP contribution is -2.06. The summed E-state index contributed by atoms with van der Waals surface area (Å²) in [4.78, 5) is 20.4. The van der Waals surface area contributed by atoms with Crippen LogP contribution in [0.4, 0.5) is 0 Å². The number of phenols is 1. The van der Waals surface area contributed by atoms with Crippen LogP contribution in [0.5, 0.6) is 5.75 Å². The molecule has 0 aliphatic heterocycles. The zero-order chi connectivity index (χ0) is 15.7. The van der Waals surface area contributed by atoms with E-state index < -0.39 is 0 Å². The molecule has 3 aromatic rings. The number of hydrogen-bond donors (Lipinski definition) is 3. The molecule has 0 fully saturated rings. The molecule has 0 amide bonds. The highest BCUT2D eigenvalue weighted by atomic mass is 79.9. The molecule has 0 saturated carbocycles. The van der Waals surface area contributed by atoms with Gasteiger partial charge in [-0.2, -0.15) is 0 Å². The van der Waals surface area contributed by atoms with E-state index in [1.165, 1.54) is 0 Å². The third kappa shape index (κ3) is 2.84. The monoisotopic (exact) mass is 424 g/mol. The molecule has 0 radical (unpaired) electrons. The first-order valence-corrected chi connectivity index (χ1v) is 7.88. The third-order valence-corrected chi connectivity index (χ3v) is 4.33. The Hall–Kier alpha value is -1.93. The van der Waals surface area contributed by atoms with Gasteiger partial charge in [0.1, 0.15) is 5.75 Å². The fourth-order valence-electron chi connectivity index (χ4n) is 2.12. The van der Waals surface area contributed by atoms with Gasteiger partial charge in [0.05, 0.1) is 25.9 Å². The van der Waals surface area contributed by atoms with E-state index in [-0.39, 0.29) is 11.3 Å². The van der Waals surface area contributed by atoms with Crippen LogP contribution in [0.2, 0.25) is 0 Å². The number of hydrogen-bond acceptors (Lipinski definition) is 4. The molecule has 8 heteroatoms. The minimum absolute atomic E-state index is 0.144. The molecule has 2 heterocycles. The van der Waals surface area contributed by atoms with Crippen LogP contribution in [0, 0.1) is 0 Å². The number of nitrogens with zero attached hydrogens (tertiary/aromatic N) is 2. The number of halogens is 2. The Morgan fingerprint density at radius 3 is 2.45 bits per heavy atom. The fraction of sp³-hybridized carbons (Fsp3) is 0.0714. The average Bonchev–Trinajstić information content (AvgIpc) is 2.91. The second kappa shape index (κ2) is 6.05. The molecule has 112 valence electrons. The highest BCUT2D eigenvalue weighted by Crippen LogP contribution is 2.34. The first kappa shape index (κ1) is 15.0. The lowest BCUT2D eigenvalue weighted by molar-refractivity contribution is 0.468. The van der Waals surface area contributed by atoms with Crippen LogP contribution in [0.3, 0.4) is 0 Å². The summed E-state index contributed by atoms with van der Waals surface area (Å²) in [5, 5.41) is 14.9. The molecule has 0 saturated heterocycles. The van der Waals surface area contributed by atoms with Crippen LogP contribution >= 0.6 is 31.9 Å². The zero-order valence-electron chi connectivity index (χ0n) is 11.1. The Bertz CT molecular complexity index is 865. The summed E-state index contributed by atoms with van der Waals surface area (Å²) < 4.78 is 1.17. The average molecular weight is 426 g/mol. The summed E-state index contributed by atoms with van der Waals surface area (Å²) in [6.45, 7) is 0. The maximum absolute atomic E-state index is 11.8. The number of nitrogens with one attached hydrogen (secondary N) is 2. The molecule has 3 rings (SSSR count). The van der Waals surface area contributed by atoms with E-state index in [0.29, 0.717) is 32.3 Å². The second-order valence-electron chi connectivity index (χ2n) is 4.59. The normalized spacial score (nSPS) is 10.8. The van der Waals surface area contributed by atoms with Crippen molar-refractivity contribution >= 4 is 31.9 Å². The molecular formula is C14H10Br2N4O2. The molecule has 22 heavy (non-hydrogen) atoms. The molecule has 6 nitrogen and oxygen atoms in total. The van der Waals surface area contributed by atoms with Crippen molar-refractivity contribution in [3.8, 4) is 17.0 Å².